The van der Waals surface area contributed by atoms with Crippen molar-refractivity contribution >= 4 is 39.6 Å². The number of benzene rings is 1. The Bertz CT molecular complexity index is 834. The molecule has 0 saturated heterocycles. The normalized spacial score (nSPS) is 10.7. The van der Waals surface area contributed by atoms with E-state index in [1.165, 1.54) is 62.7 Å². The molecule has 2 rings (SSSR count). The predicted octanol–water partition coefficient (Wildman–Crippen LogP) is 7.72. The lowest BCUT2D eigenvalue weighted by atomic mass is 10.0. The SMILES string of the molecule is CCCCCCCCCCCNC(=S)Nc1sc(C)c(-c2ccccc2)c1C(=O)OCC. The molecular formula is C26H38N2O2S2. The minimum absolute atomic E-state index is 0.320. The van der Waals surface area contributed by atoms with Crippen LogP contribution in [0.5, 0.6) is 0 Å². The molecule has 0 fully saturated rings. The van der Waals surface area contributed by atoms with Crippen molar-refractivity contribution in [2.24, 2.45) is 0 Å². The number of thiophene rings is 1. The summed E-state index contributed by atoms with van der Waals surface area (Å²) in [6, 6.07) is 9.96. The van der Waals surface area contributed by atoms with Crippen molar-refractivity contribution in [2.75, 3.05) is 18.5 Å². The van der Waals surface area contributed by atoms with Crippen molar-refractivity contribution in [3.63, 3.8) is 0 Å². The Labute approximate surface area is 203 Å². The van der Waals surface area contributed by atoms with Gasteiger partial charge in [-0.1, -0.05) is 88.6 Å². The first-order valence-corrected chi connectivity index (χ1v) is 13.2. The lowest BCUT2D eigenvalue weighted by Crippen LogP contribution is -2.29. The summed E-state index contributed by atoms with van der Waals surface area (Å²) in [5.74, 6) is -0.320. The van der Waals surface area contributed by atoms with E-state index in [0.717, 1.165) is 34.0 Å². The molecule has 1 aromatic carbocycles. The lowest BCUT2D eigenvalue weighted by Gasteiger charge is -2.12. The molecule has 0 aliphatic rings. The van der Waals surface area contributed by atoms with Gasteiger partial charge in [-0.3, -0.25) is 0 Å². The summed E-state index contributed by atoms with van der Waals surface area (Å²) >= 11 is 7.05. The molecule has 0 amide bonds. The number of thiocarbonyl (C=S) groups is 1. The summed E-state index contributed by atoms with van der Waals surface area (Å²) in [7, 11) is 0. The van der Waals surface area contributed by atoms with Crippen molar-refractivity contribution in [1.82, 2.24) is 5.32 Å². The number of nitrogens with one attached hydrogen (secondary N) is 2. The maximum Gasteiger partial charge on any atom is 0.341 e. The van der Waals surface area contributed by atoms with Gasteiger partial charge in [-0.2, -0.15) is 0 Å². The summed E-state index contributed by atoms with van der Waals surface area (Å²) in [6.07, 6.45) is 11.7. The van der Waals surface area contributed by atoms with Crippen LogP contribution in [0.15, 0.2) is 30.3 Å². The van der Waals surface area contributed by atoms with Crippen LogP contribution < -0.4 is 10.6 Å². The molecule has 0 spiro atoms. The fraction of sp³-hybridized carbons (Fsp3) is 0.538. The van der Waals surface area contributed by atoms with Gasteiger partial charge >= 0.3 is 5.97 Å². The first-order chi connectivity index (χ1) is 15.6. The van der Waals surface area contributed by atoms with E-state index in [4.69, 9.17) is 17.0 Å². The Morgan fingerprint density at radius 2 is 1.59 bits per heavy atom. The summed E-state index contributed by atoms with van der Waals surface area (Å²) in [4.78, 5) is 13.8. The van der Waals surface area contributed by atoms with Gasteiger partial charge in [0.15, 0.2) is 5.11 Å². The van der Waals surface area contributed by atoms with Gasteiger partial charge in [0, 0.05) is 17.0 Å². The van der Waals surface area contributed by atoms with Crippen LogP contribution in [0.3, 0.4) is 0 Å². The van der Waals surface area contributed by atoms with Crippen molar-refractivity contribution in [1.29, 1.82) is 0 Å². The minimum Gasteiger partial charge on any atom is -0.462 e. The van der Waals surface area contributed by atoms with E-state index in [1.807, 2.05) is 44.2 Å². The smallest absolute Gasteiger partial charge is 0.341 e. The van der Waals surface area contributed by atoms with Crippen molar-refractivity contribution in [3.05, 3.63) is 40.8 Å². The third kappa shape index (κ3) is 8.55. The largest absolute Gasteiger partial charge is 0.462 e. The minimum atomic E-state index is -0.320. The molecular weight excluding hydrogens is 436 g/mol. The Kier molecular flexibility index (Phi) is 12.4. The zero-order chi connectivity index (χ0) is 23.2. The Balaban J connectivity index is 1.88. The van der Waals surface area contributed by atoms with Crippen LogP contribution >= 0.6 is 23.6 Å². The summed E-state index contributed by atoms with van der Waals surface area (Å²) in [5.41, 5.74) is 2.48. The van der Waals surface area contributed by atoms with Crippen molar-refractivity contribution in [2.45, 2.75) is 78.6 Å². The molecule has 1 aromatic heterocycles. The van der Waals surface area contributed by atoms with Gasteiger partial charge in [0.25, 0.3) is 0 Å². The van der Waals surface area contributed by atoms with E-state index in [2.05, 4.69) is 17.6 Å². The molecule has 1 heterocycles. The molecule has 0 bridgehead atoms. The van der Waals surface area contributed by atoms with E-state index < -0.39 is 0 Å². The van der Waals surface area contributed by atoms with Crippen LogP contribution in [0.25, 0.3) is 11.1 Å². The Hall–Kier alpha value is -1.92. The highest BCUT2D eigenvalue weighted by Crippen LogP contribution is 2.40. The second kappa shape index (κ2) is 15.0. The molecule has 0 radical (unpaired) electrons. The summed E-state index contributed by atoms with van der Waals surface area (Å²) < 4.78 is 5.36. The fourth-order valence-electron chi connectivity index (χ4n) is 3.77. The van der Waals surface area contributed by atoms with Gasteiger partial charge < -0.3 is 15.4 Å². The highest BCUT2D eigenvalue weighted by atomic mass is 32.1. The number of hydrogen-bond acceptors (Lipinski definition) is 4. The zero-order valence-corrected chi connectivity index (χ0v) is 21.4. The second-order valence-corrected chi connectivity index (χ2v) is 9.67. The molecule has 0 saturated carbocycles. The molecule has 0 aliphatic heterocycles. The number of carbonyl (C=O) groups excluding carboxylic acids is 1. The topological polar surface area (TPSA) is 50.4 Å². The Morgan fingerprint density at radius 1 is 0.969 bits per heavy atom. The van der Waals surface area contributed by atoms with E-state index >= 15 is 0 Å². The first kappa shape index (κ1) is 26.3. The average Bonchev–Trinajstić information content (AvgIpc) is 3.11. The highest BCUT2D eigenvalue weighted by molar-refractivity contribution is 7.80. The molecule has 32 heavy (non-hydrogen) atoms. The van der Waals surface area contributed by atoms with E-state index in [9.17, 15) is 4.79 Å². The molecule has 0 atom stereocenters. The van der Waals surface area contributed by atoms with Gasteiger partial charge in [0.2, 0.25) is 0 Å². The van der Waals surface area contributed by atoms with Crippen LogP contribution in [-0.4, -0.2) is 24.2 Å². The number of aryl methyl sites for hydroxylation is 1. The van der Waals surface area contributed by atoms with Gasteiger partial charge in [-0.05, 0) is 38.0 Å². The molecule has 176 valence electrons. The third-order valence-electron chi connectivity index (χ3n) is 5.42. The second-order valence-electron chi connectivity index (χ2n) is 8.03. The summed E-state index contributed by atoms with van der Waals surface area (Å²) in [5, 5.41) is 7.83. The lowest BCUT2D eigenvalue weighted by molar-refractivity contribution is 0.0529. The monoisotopic (exact) mass is 474 g/mol. The van der Waals surface area contributed by atoms with E-state index in [1.54, 1.807) is 0 Å². The quantitative estimate of drug-likeness (QED) is 0.167. The number of anilines is 1. The molecule has 6 heteroatoms. The average molecular weight is 475 g/mol. The standard InChI is InChI=1S/C26H38N2O2S2/c1-4-6-7-8-9-10-11-12-16-19-27-26(31)28-24-23(25(29)30-5-2)22(20(3)32-24)21-17-14-13-15-18-21/h13-15,17-18H,4-12,16,19H2,1-3H3,(H2,27,28,31). The van der Waals surface area contributed by atoms with Crippen LogP contribution in [0, 0.1) is 6.92 Å². The number of unbranched alkanes of at least 4 members (excludes halogenated alkanes) is 8. The highest BCUT2D eigenvalue weighted by Gasteiger charge is 2.24. The fourth-order valence-corrected chi connectivity index (χ4v) is 5.11. The van der Waals surface area contributed by atoms with Crippen LogP contribution in [-0.2, 0) is 4.74 Å². The molecule has 2 aromatic rings. The maximum atomic E-state index is 12.8. The number of ether oxygens (including phenoxy) is 1. The van der Waals surface area contributed by atoms with E-state index in [0.29, 0.717) is 17.3 Å². The summed E-state index contributed by atoms with van der Waals surface area (Å²) in [6.45, 7) is 7.28. The third-order valence-corrected chi connectivity index (χ3v) is 6.69. The predicted molar refractivity (Wildman–Crippen MR) is 142 cm³/mol. The molecule has 2 N–H and O–H groups in total. The first-order valence-electron chi connectivity index (χ1n) is 12.0. The van der Waals surface area contributed by atoms with Gasteiger partial charge in [-0.25, -0.2) is 4.79 Å². The van der Waals surface area contributed by atoms with Crippen molar-refractivity contribution < 1.29 is 9.53 Å². The van der Waals surface area contributed by atoms with Crippen LogP contribution in [0.4, 0.5) is 5.00 Å². The molecule has 4 nitrogen and oxygen atoms in total. The van der Waals surface area contributed by atoms with Crippen LogP contribution in [0.1, 0.15) is 86.9 Å². The van der Waals surface area contributed by atoms with Crippen molar-refractivity contribution in [3.8, 4) is 11.1 Å². The molecule has 0 unspecified atom stereocenters. The zero-order valence-electron chi connectivity index (χ0n) is 19.8. The molecule has 0 aliphatic carbocycles. The Morgan fingerprint density at radius 3 is 2.22 bits per heavy atom. The van der Waals surface area contributed by atoms with Gasteiger partial charge in [0.1, 0.15) is 10.6 Å². The number of esters is 1. The number of carbonyl (C=O) groups is 1. The van der Waals surface area contributed by atoms with E-state index in [-0.39, 0.29) is 5.97 Å². The number of rotatable bonds is 14. The van der Waals surface area contributed by atoms with Gasteiger partial charge in [0.05, 0.1) is 6.61 Å². The van der Waals surface area contributed by atoms with Gasteiger partial charge in [-0.15, -0.1) is 11.3 Å². The maximum absolute atomic E-state index is 12.8. The number of hydrogen-bond donors (Lipinski definition) is 2. The van der Waals surface area contributed by atoms with Crippen LogP contribution in [0.2, 0.25) is 0 Å².